The quantitative estimate of drug-likeness (QED) is 0.549. The van der Waals surface area contributed by atoms with Gasteiger partial charge in [0.15, 0.2) is 6.29 Å². The van der Waals surface area contributed by atoms with Crippen LogP contribution < -0.4 is 0 Å². The normalized spacial score (nSPS) is 8.57. The largest absolute Gasteiger partial charge is 0.481 e. The maximum absolute atomic E-state index is 10.5. The van der Waals surface area contributed by atoms with Crippen LogP contribution >= 0.6 is 0 Å². The first-order chi connectivity index (χ1) is 6.74. The third-order valence-electron chi connectivity index (χ3n) is 1.44. The monoisotopic (exact) mass is 189 g/mol. The molecular formula is C10H7NO3. The molecule has 0 radical (unpaired) electrons. The fourth-order valence-electron chi connectivity index (χ4n) is 0.827. The molecule has 0 fully saturated rings. The topological polar surface area (TPSA) is 67.3 Å². The Labute approximate surface area is 80.6 Å². The molecule has 0 saturated carbocycles. The zero-order valence-corrected chi connectivity index (χ0v) is 7.23. The van der Waals surface area contributed by atoms with Gasteiger partial charge in [0, 0.05) is 18.0 Å². The van der Waals surface area contributed by atoms with E-state index < -0.39 is 5.97 Å². The van der Waals surface area contributed by atoms with E-state index in [-0.39, 0.29) is 6.42 Å². The van der Waals surface area contributed by atoms with Gasteiger partial charge in [-0.05, 0) is 6.07 Å². The molecular weight excluding hydrogens is 182 g/mol. The van der Waals surface area contributed by atoms with Gasteiger partial charge in [0.05, 0.1) is 5.56 Å². The van der Waals surface area contributed by atoms with Crippen LogP contribution in [0.25, 0.3) is 0 Å². The first-order valence-corrected chi connectivity index (χ1v) is 3.84. The maximum atomic E-state index is 10.5. The molecule has 0 bridgehead atoms. The van der Waals surface area contributed by atoms with Crippen molar-refractivity contribution in [3.8, 4) is 11.8 Å². The maximum Gasteiger partial charge on any atom is 0.315 e. The van der Waals surface area contributed by atoms with E-state index >= 15 is 0 Å². The second-order valence-electron chi connectivity index (χ2n) is 2.45. The fourth-order valence-corrected chi connectivity index (χ4v) is 0.827. The number of rotatable bonds is 2. The van der Waals surface area contributed by atoms with Gasteiger partial charge >= 0.3 is 5.97 Å². The van der Waals surface area contributed by atoms with Crippen LogP contribution in [0.15, 0.2) is 18.5 Å². The fraction of sp³-hybridized carbons (Fsp3) is 0.100. The predicted molar refractivity (Wildman–Crippen MR) is 48.8 cm³/mol. The Kier molecular flexibility index (Phi) is 3.39. The second kappa shape index (κ2) is 4.77. The van der Waals surface area contributed by atoms with Crippen molar-refractivity contribution in [1.29, 1.82) is 0 Å². The Hall–Kier alpha value is -2.15. The minimum absolute atomic E-state index is 0.243. The van der Waals surface area contributed by atoms with Gasteiger partial charge in [0.25, 0.3) is 0 Å². The first kappa shape index (κ1) is 9.93. The lowest BCUT2D eigenvalue weighted by Gasteiger charge is -1.92. The molecule has 1 aromatic heterocycles. The third kappa shape index (κ3) is 2.72. The summed E-state index contributed by atoms with van der Waals surface area (Å²) in [6.07, 6.45) is 3.32. The molecule has 1 aromatic rings. The molecule has 0 aliphatic heterocycles. The van der Waals surface area contributed by atoms with Crippen LogP contribution in [-0.2, 0) is 4.79 Å². The van der Waals surface area contributed by atoms with E-state index in [9.17, 15) is 9.59 Å². The number of pyridine rings is 1. The molecule has 0 amide bonds. The Morgan fingerprint density at radius 3 is 3.07 bits per heavy atom. The van der Waals surface area contributed by atoms with Crippen molar-refractivity contribution in [2.75, 3.05) is 0 Å². The summed E-state index contributed by atoms with van der Waals surface area (Å²) in [5, 5.41) is 8.33. The van der Waals surface area contributed by atoms with Crippen molar-refractivity contribution in [3.63, 3.8) is 0 Å². The van der Waals surface area contributed by atoms with E-state index in [0.717, 1.165) is 0 Å². The molecule has 0 aromatic carbocycles. The van der Waals surface area contributed by atoms with Crippen molar-refractivity contribution in [2.45, 2.75) is 6.42 Å². The number of aromatic nitrogens is 1. The summed E-state index contributed by atoms with van der Waals surface area (Å²) in [4.78, 5) is 24.5. The lowest BCUT2D eigenvalue weighted by molar-refractivity contribution is -0.135. The lowest BCUT2D eigenvalue weighted by Crippen LogP contribution is -1.91. The van der Waals surface area contributed by atoms with Crippen molar-refractivity contribution in [3.05, 3.63) is 29.6 Å². The number of aliphatic carboxylic acids is 1. The minimum atomic E-state index is -0.992. The Morgan fingerprint density at radius 1 is 1.64 bits per heavy atom. The van der Waals surface area contributed by atoms with Crippen molar-refractivity contribution in [1.82, 2.24) is 4.98 Å². The van der Waals surface area contributed by atoms with Crippen LogP contribution in [0, 0.1) is 11.8 Å². The Morgan fingerprint density at radius 2 is 2.43 bits per heavy atom. The average molecular weight is 189 g/mol. The Bertz CT molecular complexity index is 415. The number of hydrogen-bond acceptors (Lipinski definition) is 3. The summed E-state index contributed by atoms with van der Waals surface area (Å²) in [5.74, 6) is 4.01. The van der Waals surface area contributed by atoms with Crippen LogP contribution in [0.2, 0.25) is 0 Å². The average Bonchev–Trinajstić information content (AvgIpc) is 2.18. The highest BCUT2D eigenvalue weighted by Gasteiger charge is 1.96. The van der Waals surface area contributed by atoms with Crippen molar-refractivity contribution in [2.24, 2.45) is 0 Å². The number of carbonyl (C=O) groups is 2. The van der Waals surface area contributed by atoms with Gasteiger partial charge in [-0.3, -0.25) is 14.6 Å². The van der Waals surface area contributed by atoms with Crippen molar-refractivity contribution >= 4 is 12.3 Å². The second-order valence-corrected chi connectivity index (χ2v) is 2.45. The third-order valence-corrected chi connectivity index (χ3v) is 1.44. The van der Waals surface area contributed by atoms with Gasteiger partial charge < -0.3 is 5.11 Å². The highest BCUT2D eigenvalue weighted by Crippen LogP contribution is 2.01. The van der Waals surface area contributed by atoms with E-state index in [0.29, 0.717) is 17.4 Å². The van der Waals surface area contributed by atoms with E-state index in [2.05, 4.69) is 16.8 Å². The zero-order valence-electron chi connectivity index (χ0n) is 7.23. The highest BCUT2D eigenvalue weighted by atomic mass is 16.4. The van der Waals surface area contributed by atoms with E-state index in [1.165, 1.54) is 18.5 Å². The summed E-state index contributed by atoms with van der Waals surface area (Å²) in [6.45, 7) is 0. The molecule has 14 heavy (non-hydrogen) atoms. The van der Waals surface area contributed by atoms with Gasteiger partial charge in [-0.2, -0.15) is 0 Å². The van der Waals surface area contributed by atoms with Gasteiger partial charge in [-0.25, -0.2) is 0 Å². The molecule has 0 unspecified atom stereocenters. The number of carbonyl (C=O) groups excluding carboxylic acids is 1. The van der Waals surface area contributed by atoms with Crippen LogP contribution in [0.3, 0.4) is 0 Å². The first-order valence-electron chi connectivity index (χ1n) is 3.84. The van der Waals surface area contributed by atoms with E-state index in [1.54, 1.807) is 0 Å². The lowest BCUT2D eigenvalue weighted by atomic mass is 10.1. The van der Waals surface area contributed by atoms with Crippen molar-refractivity contribution < 1.29 is 14.7 Å². The van der Waals surface area contributed by atoms with E-state index in [4.69, 9.17) is 5.11 Å². The standard InChI is InChI=1S/C10H7NO3/c12-7-9-4-5-11-6-8(9)2-1-3-10(13)14/h4-7H,3H2,(H,13,14). The SMILES string of the molecule is O=Cc1ccncc1C#CCC(=O)O. The summed E-state index contributed by atoms with van der Waals surface area (Å²) in [6, 6.07) is 1.53. The number of nitrogens with zero attached hydrogens (tertiary/aromatic N) is 1. The molecule has 70 valence electrons. The summed E-state index contributed by atoms with van der Waals surface area (Å²) >= 11 is 0. The van der Waals surface area contributed by atoms with Crippen LogP contribution in [0.1, 0.15) is 22.3 Å². The summed E-state index contributed by atoms with van der Waals surface area (Å²) in [5.41, 5.74) is 0.863. The molecule has 0 saturated heterocycles. The minimum Gasteiger partial charge on any atom is -0.481 e. The smallest absolute Gasteiger partial charge is 0.315 e. The van der Waals surface area contributed by atoms with Gasteiger partial charge in [0.1, 0.15) is 6.42 Å². The molecule has 1 N–H and O–H groups in total. The van der Waals surface area contributed by atoms with Gasteiger partial charge in [-0.1, -0.05) is 11.8 Å². The molecule has 0 aliphatic rings. The molecule has 0 aliphatic carbocycles. The summed E-state index contributed by atoms with van der Waals surface area (Å²) < 4.78 is 0. The number of hydrogen-bond donors (Lipinski definition) is 1. The predicted octanol–water partition coefficient (Wildman–Crippen LogP) is 0.720. The molecule has 4 heteroatoms. The zero-order chi connectivity index (χ0) is 10.4. The molecule has 0 atom stereocenters. The van der Waals surface area contributed by atoms with E-state index in [1.807, 2.05) is 0 Å². The molecule has 0 spiro atoms. The molecule has 4 nitrogen and oxygen atoms in total. The number of aldehydes is 1. The van der Waals surface area contributed by atoms with Gasteiger partial charge in [0.2, 0.25) is 0 Å². The molecule has 1 heterocycles. The summed E-state index contributed by atoms with van der Waals surface area (Å²) in [7, 11) is 0. The van der Waals surface area contributed by atoms with Crippen LogP contribution in [0.4, 0.5) is 0 Å². The highest BCUT2D eigenvalue weighted by molar-refractivity contribution is 5.79. The molecule has 1 rings (SSSR count). The van der Waals surface area contributed by atoms with Crippen LogP contribution in [-0.4, -0.2) is 22.3 Å². The number of carboxylic acids is 1. The van der Waals surface area contributed by atoms with Gasteiger partial charge in [-0.15, -0.1) is 0 Å². The Balaban J connectivity index is 2.88. The number of carboxylic acid groups (broad SMARTS) is 1. The van der Waals surface area contributed by atoms with Crippen LogP contribution in [0.5, 0.6) is 0 Å².